The molecule has 0 saturated carbocycles. The van der Waals surface area contributed by atoms with Crippen LogP contribution in [-0.2, 0) is 7.05 Å². The molecule has 0 radical (unpaired) electrons. The number of benzene rings is 1. The SMILES string of the molecule is CSc1ccccc1-c1n[nH]c(=S)n1C. The number of aromatic amines is 1. The Bertz CT molecular complexity index is 527. The number of hydrogen-bond acceptors (Lipinski definition) is 3. The zero-order chi connectivity index (χ0) is 10.8. The van der Waals surface area contributed by atoms with Gasteiger partial charge in [-0.05, 0) is 24.5 Å². The van der Waals surface area contributed by atoms with Gasteiger partial charge in [-0.2, -0.15) is 5.10 Å². The molecule has 1 aromatic carbocycles. The minimum absolute atomic E-state index is 0.640. The second-order valence-electron chi connectivity index (χ2n) is 3.11. The van der Waals surface area contributed by atoms with Crippen LogP contribution in [-0.4, -0.2) is 21.0 Å². The Balaban J connectivity index is 2.63. The number of aromatic nitrogens is 3. The summed E-state index contributed by atoms with van der Waals surface area (Å²) in [5, 5.41) is 7.02. The molecule has 0 spiro atoms. The number of hydrogen-bond donors (Lipinski definition) is 1. The van der Waals surface area contributed by atoms with Gasteiger partial charge >= 0.3 is 0 Å². The van der Waals surface area contributed by atoms with Gasteiger partial charge in [-0.3, -0.25) is 5.10 Å². The molecule has 0 saturated heterocycles. The van der Waals surface area contributed by atoms with Crippen LogP contribution in [0.15, 0.2) is 29.2 Å². The van der Waals surface area contributed by atoms with E-state index in [4.69, 9.17) is 12.2 Å². The van der Waals surface area contributed by atoms with Crippen LogP contribution in [0.2, 0.25) is 0 Å². The van der Waals surface area contributed by atoms with E-state index in [1.807, 2.05) is 23.7 Å². The molecule has 0 bridgehead atoms. The lowest BCUT2D eigenvalue weighted by Crippen LogP contribution is -1.93. The molecule has 15 heavy (non-hydrogen) atoms. The van der Waals surface area contributed by atoms with Crippen LogP contribution in [0, 0.1) is 4.77 Å². The minimum Gasteiger partial charge on any atom is -0.303 e. The molecule has 1 heterocycles. The molecule has 0 unspecified atom stereocenters. The normalized spacial score (nSPS) is 10.5. The summed E-state index contributed by atoms with van der Waals surface area (Å²) in [7, 11) is 1.91. The van der Waals surface area contributed by atoms with Crippen molar-refractivity contribution < 1.29 is 0 Å². The molecule has 0 fully saturated rings. The lowest BCUT2D eigenvalue weighted by atomic mass is 10.2. The molecule has 3 nitrogen and oxygen atoms in total. The summed E-state index contributed by atoms with van der Waals surface area (Å²) in [6.07, 6.45) is 2.06. The van der Waals surface area contributed by atoms with Crippen molar-refractivity contribution in [3.8, 4) is 11.4 Å². The maximum Gasteiger partial charge on any atom is 0.195 e. The van der Waals surface area contributed by atoms with Crippen molar-refractivity contribution in [2.24, 2.45) is 7.05 Å². The van der Waals surface area contributed by atoms with Crippen LogP contribution in [0.5, 0.6) is 0 Å². The average molecular weight is 237 g/mol. The van der Waals surface area contributed by atoms with E-state index < -0.39 is 0 Å². The summed E-state index contributed by atoms with van der Waals surface area (Å²) in [6, 6.07) is 8.16. The van der Waals surface area contributed by atoms with Gasteiger partial charge in [-0.25, -0.2) is 0 Å². The second kappa shape index (κ2) is 4.20. The molecule has 78 valence electrons. The molecule has 1 aromatic heterocycles. The Morgan fingerprint density at radius 2 is 2.13 bits per heavy atom. The highest BCUT2D eigenvalue weighted by Gasteiger charge is 2.09. The van der Waals surface area contributed by atoms with Gasteiger partial charge in [0.25, 0.3) is 0 Å². The van der Waals surface area contributed by atoms with Gasteiger partial charge in [0.15, 0.2) is 10.6 Å². The number of H-pyrrole nitrogens is 1. The van der Waals surface area contributed by atoms with Gasteiger partial charge < -0.3 is 4.57 Å². The van der Waals surface area contributed by atoms with E-state index in [1.165, 1.54) is 4.90 Å². The molecule has 0 aliphatic carbocycles. The zero-order valence-corrected chi connectivity index (χ0v) is 10.2. The molecule has 2 rings (SSSR count). The topological polar surface area (TPSA) is 33.6 Å². The maximum atomic E-state index is 5.09. The third kappa shape index (κ3) is 1.85. The second-order valence-corrected chi connectivity index (χ2v) is 4.35. The Hall–Kier alpha value is -1.07. The number of nitrogens with one attached hydrogen (secondary N) is 1. The first-order valence-electron chi connectivity index (χ1n) is 4.49. The van der Waals surface area contributed by atoms with E-state index in [-0.39, 0.29) is 0 Å². The van der Waals surface area contributed by atoms with Gasteiger partial charge in [0, 0.05) is 17.5 Å². The predicted molar refractivity (Wildman–Crippen MR) is 65.6 cm³/mol. The van der Waals surface area contributed by atoms with Gasteiger partial charge in [-0.1, -0.05) is 18.2 Å². The van der Waals surface area contributed by atoms with Crippen LogP contribution in [0.3, 0.4) is 0 Å². The molecule has 2 aromatic rings. The Morgan fingerprint density at radius 1 is 1.40 bits per heavy atom. The van der Waals surface area contributed by atoms with E-state index in [9.17, 15) is 0 Å². The number of thioether (sulfide) groups is 1. The van der Waals surface area contributed by atoms with Crippen molar-refractivity contribution in [2.45, 2.75) is 4.90 Å². The third-order valence-corrected chi connectivity index (χ3v) is 3.39. The third-order valence-electron chi connectivity index (χ3n) is 2.23. The highest BCUT2D eigenvalue weighted by molar-refractivity contribution is 7.98. The lowest BCUT2D eigenvalue weighted by molar-refractivity contribution is 0.899. The monoisotopic (exact) mass is 237 g/mol. The largest absolute Gasteiger partial charge is 0.303 e. The summed E-state index contributed by atoms with van der Waals surface area (Å²) in [5.74, 6) is 0.880. The van der Waals surface area contributed by atoms with E-state index in [0.717, 1.165) is 11.4 Å². The fourth-order valence-corrected chi connectivity index (χ4v) is 2.14. The van der Waals surface area contributed by atoms with E-state index >= 15 is 0 Å². The van der Waals surface area contributed by atoms with Crippen LogP contribution >= 0.6 is 24.0 Å². The van der Waals surface area contributed by atoms with Crippen LogP contribution < -0.4 is 0 Å². The first kappa shape index (κ1) is 10.4. The summed E-state index contributed by atoms with van der Waals surface area (Å²) >= 11 is 6.80. The van der Waals surface area contributed by atoms with Crippen molar-refractivity contribution >= 4 is 24.0 Å². The van der Waals surface area contributed by atoms with Gasteiger partial charge in [-0.15, -0.1) is 11.8 Å². The summed E-state index contributed by atoms with van der Waals surface area (Å²) in [4.78, 5) is 1.20. The summed E-state index contributed by atoms with van der Waals surface area (Å²) in [6.45, 7) is 0. The van der Waals surface area contributed by atoms with Crippen molar-refractivity contribution in [2.75, 3.05) is 6.26 Å². The fraction of sp³-hybridized carbons (Fsp3) is 0.200. The average Bonchev–Trinajstić information content (AvgIpc) is 2.60. The van der Waals surface area contributed by atoms with E-state index in [0.29, 0.717) is 4.77 Å². The molecule has 0 aliphatic rings. The quantitative estimate of drug-likeness (QED) is 0.644. The fourth-order valence-electron chi connectivity index (χ4n) is 1.42. The number of rotatable bonds is 2. The van der Waals surface area contributed by atoms with Crippen molar-refractivity contribution in [1.82, 2.24) is 14.8 Å². The summed E-state index contributed by atoms with van der Waals surface area (Å²) in [5.41, 5.74) is 1.11. The molecule has 1 N–H and O–H groups in total. The van der Waals surface area contributed by atoms with Crippen molar-refractivity contribution in [3.63, 3.8) is 0 Å². The molecule has 0 aliphatic heterocycles. The Labute approximate surface area is 97.5 Å². The van der Waals surface area contributed by atoms with E-state index in [2.05, 4.69) is 28.6 Å². The van der Waals surface area contributed by atoms with E-state index in [1.54, 1.807) is 11.8 Å². The highest BCUT2D eigenvalue weighted by atomic mass is 32.2. The number of nitrogens with zero attached hydrogens (tertiary/aromatic N) is 2. The van der Waals surface area contributed by atoms with Gasteiger partial charge in [0.1, 0.15) is 0 Å². The van der Waals surface area contributed by atoms with Gasteiger partial charge in [0.2, 0.25) is 0 Å². The highest BCUT2D eigenvalue weighted by Crippen LogP contribution is 2.27. The van der Waals surface area contributed by atoms with Crippen LogP contribution in [0.1, 0.15) is 0 Å². The first-order valence-corrected chi connectivity index (χ1v) is 6.12. The van der Waals surface area contributed by atoms with Crippen LogP contribution in [0.4, 0.5) is 0 Å². The predicted octanol–water partition coefficient (Wildman–Crippen LogP) is 2.87. The molecular formula is C10H11N3S2. The first-order chi connectivity index (χ1) is 7.24. The minimum atomic E-state index is 0.640. The smallest absolute Gasteiger partial charge is 0.195 e. The van der Waals surface area contributed by atoms with Crippen LogP contribution in [0.25, 0.3) is 11.4 Å². The maximum absolute atomic E-state index is 5.09. The lowest BCUT2D eigenvalue weighted by Gasteiger charge is -2.05. The van der Waals surface area contributed by atoms with Gasteiger partial charge in [0.05, 0.1) is 0 Å². The van der Waals surface area contributed by atoms with Crippen molar-refractivity contribution in [1.29, 1.82) is 0 Å². The van der Waals surface area contributed by atoms with Crippen molar-refractivity contribution in [3.05, 3.63) is 29.0 Å². The zero-order valence-electron chi connectivity index (χ0n) is 8.52. The molecule has 0 amide bonds. The molecule has 5 heteroatoms. The molecule has 0 atom stereocenters. The Kier molecular flexibility index (Phi) is 2.93. The molecular weight excluding hydrogens is 226 g/mol. The summed E-state index contributed by atoms with van der Waals surface area (Å²) < 4.78 is 2.52. The standard InChI is InChI=1S/C10H11N3S2/c1-13-9(11-12-10(13)14)7-5-3-4-6-8(7)15-2/h3-6H,1-2H3,(H,12,14). The Morgan fingerprint density at radius 3 is 2.73 bits per heavy atom.